The molecule has 1 aromatic rings. The molecule has 86 valence electrons. The SMILES string of the molecule is CCCOCCn1cc(CNCC)cn1. The predicted octanol–water partition coefficient (Wildman–Crippen LogP) is 1.42. The Kier molecular flexibility index (Phi) is 6.04. The Balaban J connectivity index is 2.20. The van der Waals surface area contributed by atoms with Gasteiger partial charge >= 0.3 is 0 Å². The summed E-state index contributed by atoms with van der Waals surface area (Å²) in [6, 6.07) is 0. The molecule has 1 aromatic heterocycles. The zero-order valence-corrected chi connectivity index (χ0v) is 9.70. The topological polar surface area (TPSA) is 39.1 Å². The van der Waals surface area contributed by atoms with E-state index < -0.39 is 0 Å². The molecular formula is C11H21N3O. The van der Waals surface area contributed by atoms with Crippen molar-refractivity contribution in [2.75, 3.05) is 19.8 Å². The minimum atomic E-state index is 0.746. The molecule has 0 atom stereocenters. The van der Waals surface area contributed by atoms with Gasteiger partial charge in [0.05, 0.1) is 19.3 Å². The second-order valence-corrected chi connectivity index (χ2v) is 3.50. The summed E-state index contributed by atoms with van der Waals surface area (Å²) < 4.78 is 7.33. The van der Waals surface area contributed by atoms with E-state index >= 15 is 0 Å². The van der Waals surface area contributed by atoms with Crippen LogP contribution in [0.1, 0.15) is 25.8 Å². The van der Waals surface area contributed by atoms with E-state index in [9.17, 15) is 0 Å². The van der Waals surface area contributed by atoms with E-state index in [4.69, 9.17) is 4.74 Å². The van der Waals surface area contributed by atoms with Crippen LogP contribution in [0.15, 0.2) is 12.4 Å². The molecule has 4 nitrogen and oxygen atoms in total. The zero-order valence-electron chi connectivity index (χ0n) is 9.70. The zero-order chi connectivity index (χ0) is 10.9. The Morgan fingerprint density at radius 1 is 1.40 bits per heavy atom. The molecule has 0 amide bonds. The van der Waals surface area contributed by atoms with Crippen LogP contribution in [0.4, 0.5) is 0 Å². The van der Waals surface area contributed by atoms with Crippen molar-refractivity contribution in [1.82, 2.24) is 15.1 Å². The van der Waals surface area contributed by atoms with Crippen molar-refractivity contribution >= 4 is 0 Å². The van der Waals surface area contributed by atoms with Gasteiger partial charge in [-0.05, 0) is 13.0 Å². The lowest BCUT2D eigenvalue weighted by atomic mass is 10.3. The van der Waals surface area contributed by atoms with Crippen molar-refractivity contribution in [3.8, 4) is 0 Å². The maximum absolute atomic E-state index is 5.40. The van der Waals surface area contributed by atoms with Gasteiger partial charge in [-0.15, -0.1) is 0 Å². The Morgan fingerprint density at radius 3 is 3.00 bits per heavy atom. The number of nitrogens with zero attached hydrogens (tertiary/aromatic N) is 2. The second kappa shape index (κ2) is 7.43. The van der Waals surface area contributed by atoms with E-state index in [0.717, 1.165) is 39.3 Å². The highest BCUT2D eigenvalue weighted by molar-refractivity contribution is 5.02. The molecule has 0 radical (unpaired) electrons. The van der Waals surface area contributed by atoms with Crippen LogP contribution in [0, 0.1) is 0 Å². The monoisotopic (exact) mass is 211 g/mol. The van der Waals surface area contributed by atoms with Crippen LogP contribution in [0.3, 0.4) is 0 Å². The van der Waals surface area contributed by atoms with Crippen molar-refractivity contribution in [2.24, 2.45) is 0 Å². The fourth-order valence-corrected chi connectivity index (χ4v) is 1.29. The van der Waals surface area contributed by atoms with E-state index in [1.165, 1.54) is 5.56 Å². The van der Waals surface area contributed by atoms with Crippen LogP contribution in [-0.2, 0) is 17.8 Å². The lowest BCUT2D eigenvalue weighted by Crippen LogP contribution is -2.11. The van der Waals surface area contributed by atoms with Gasteiger partial charge in [0.15, 0.2) is 0 Å². The van der Waals surface area contributed by atoms with Crippen LogP contribution >= 0.6 is 0 Å². The number of nitrogens with one attached hydrogen (secondary N) is 1. The van der Waals surface area contributed by atoms with Crippen molar-refractivity contribution in [3.63, 3.8) is 0 Å². The first kappa shape index (κ1) is 12.2. The fourth-order valence-electron chi connectivity index (χ4n) is 1.29. The normalized spacial score (nSPS) is 10.8. The van der Waals surface area contributed by atoms with E-state index in [-0.39, 0.29) is 0 Å². The number of aromatic nitrogens is 2. The first-order valence-corrected chi connectivity index (χ1v) is 5.66. The first-order chi connectivity index (χ1) is 7.36. The Morgan fingerprint density at radius 2 is 2.27 bits per heavy atom. The molecular weight excluding hydrogens is 190 g/mol. The van der Waals surface area contributed by atoms with Gasteiger partial charge in [0.1, 0.15) is 0 Å². The molecule has 1 heterocycles. The molecule has 15 heavy (non-hydrogen) atoms. The van der Waals surface area contributed by atoms with Crippen LogP contribution in [0.25, 0.3) is 0 Å². The second-order valence-electron chi connectivity index (χ2n) is 3.50. The van der Waals surface area contributed by atoms with Gasteiger partial charge in [-0.1, -0.05) is 13.8 Å². The molecule has 4 heteroatoms. The number of ether oxygens (including phenoxy) is 1. The average Bonchev–Trinajstić information content (AvgIpc) is 2.69. The fraction of sp³-hybridized carbons (Fsp3) is 0.727. The maximum Gasteiger partial charge on any atom is 0.0662 e. The number of hydrogen-bond acceptors (Lipinski definition) is 3. The predicted molar refractivity (Wildman–Crippen MR) is 60.7 cm³/mol. The van der Waals surface area contributed by atoms with Gasteiger partial charge in [-0.3, -0.25) is 4.68 Å². The Labute approximate surface area is 91.6 Å². The molecule has 0 bridgehead atoms. The molecule has 1 N–H and O–H groups in total. The largest absolute Gasteiger partial charge is 0.380 e. The summed E-state index contributed by atoms with van der Waals surface area (Å²) >= 11 is 0. The van der Waals surface area contributed by atoms with Gasteiger partial charge in [-0.25, -0.2) is 0 Å². The summed E-state index contributed by atoms with van der Waals surface area (Å²) in [5.74, 6) is 0. The van der Waals surface area contributed by atoms with Crippen molar-refractivity contribution < 1.29 is 4.74 Å². The molecule has 0 fully saturated rings. The summed E-state index contributed by atoms with van der Waals surface area (Å²) in [6.07, 6.45) is 5.05. The minimum absolute atomic E-state index is 0.746. The molecule has 0 saturated heterocycles. The van der Waals surface area contributed by atoms with Crippen molar-refractivity contribution in [1.29, 1.82) is 0 Å². The lowest BCUT2D eigenvalue weighted by Gasteiger charge is -2.02. The van der Waals surface area contributed by atoms with E-state index in [1.807, 2.05) is 10.9 Å². The van der Waals surface area contributed by atoms with Gasteiger partial charge in [0.2, 0.25) is 0 Å². The standard InChI is InChI=1S/C11H21N3O/c1-3-6-15-7-5-14-10-11(9-13-14)8-12-4-2/h9-10,12H,3-8H2,1-2H3. The molecule has 0 aliphatic heterocycles. The third-order valence-electron chi connectivity index (χ3n) is 2.08. The quantitative estimate of drug-likeness (QED) is 0.661. The molecule has 1 rings (SSSR count). The highest BCUT2D eigenvalue weighted by atomic mass is 16.5. The van der Waals surface area contributed by atoms with E-state index in [0.29, 0.717) is 0 Å². The van der Waals surface area contributed by atoms with Crippen LogP contribution in [0.5, 0.6) is 0 Å². The summed E-state index contributed by atoms with van der Waals surface area (Å²) in [7, 11) is 0. The number of rotatable bonds is 8. The summed E-state index contributed by atoms with van der Waals surface area (Å²) in [4.78, 5) is 0. The van der Waals surface area contributed by atoms with Gasteiger partial charge < -0.3 is 10.1 Å². The van der Waals surface area contributed by atoms with E-state index in [1.54, 1.807) is 0 Å². The minimum Gasteiger partial charge on any atom is -0.380 e. The van der Waals surface area contributed by atoms with Gasteiger partial charge in [-0.2, -0.15) is 5.10 Å². The Bertz CT molecular complexity index is 260. The molecule has 0 aliphatic rings. The summed E-state index contributed by atoms with van der Waals surface area (Å²) in [5, 5.41) is 7.53. The lowest BCUT2D eigenvalue weighted by molar-refractivity contribution is 0.124. The molecule has 0 spiro atoms. The molecule has 0 unspecified atom stereocenters. The molecule has 0 saturated carbocycles. The maximum atomic E-state index is 5.40. The molecule has 0 aliphatic carbocycles. The smallest absolute Gasteiger partial charge is 0.0662 e. The Hall–Kier alpha value is -0.870. The summed E-state index contributed by atoms with van der Waals surface area (Å²) in [6.45, 7) is 8.52. The third kappa shape index (κ3) is 4.95. The van der Waals surface area contributed by atoms with Crippen molar-refractivity contribution in [2.45, 2.75) is 33.4 Å². The van der Waals surface area contributed by atoms with Gasteiger partial charge in [0.25, 0.3) is 0 Å². The van der Waals surface area contributed by atoms with Crippen LogP contribution in [-0.4, -0.2) is 29.5 Å². The van der Waals surface area contributed by atoms with Crippen LogP contribution < -0.4 is 5.32 Å². The number of hydrogen-bond donors (Lipinski definition) is 1. The van der Waals surface area contributed by atoms with Crippen molar-refractivity contribution in [3.05, 3.63) is 18.0 Å². The summed E-state index contributed by atoms with van der Waals surface area (Å²) in [5.41, 5.74) is 1.23. The first-order valence-electron chi connectivity index (χ1n) is 5.66. The van der Waals surface area contributed by atoms with Gasteiger partial charge in [0, 0.05) is 24.9 Å². The highest BCUT2D eigenvalue weighted by Gasteiger charge is 1.97. The third-order valence-corrected chi connectivity index (χ3v) is 2.08. The average molecular weight is 211 g/mol. The van der Waals surface area contributed by atoms with E-state index in [2.05, 4.69) is 30.5 Å². The van der Waals surface area contributed by atoms with Crippen LogP contribution in [0.2, 0.25) is 0 Å². The molecule has 0 aromatic carbocycles. The highest BCUT2D eigenvalue weighted by Crippen LogP contribution is 1.97.